The standard InChI is InChI=1S/C12H15BrF3NO/c13-10-4-1-3-9(7-10)11(8-17)18-6-2-5-12(14,15)16/h1,3-4,7,11H,2,5-6,8,17H2. The number of benzene rings is 1. The molecule has 0 aliphatic carbocycles. The first kappa shape index (κ1) is 15.5. The molecule has 0 fully saturated rings. The lowest BCUT2D eigenvalue weighted by Crippen LogP contribution is -2.17. The second-order valence-corrected chi connectivity index (χ2v) is 4.78. The fourth-order valence-corrected chi connectivity index (χ4v) is 1.92. The molecule has 6 heteroatoms. The first-order valence-corrected chi connectivity index (χ1v) is 6.35. The van der Waals surface area contributed by atoms with Gasteiger partial charge in [0.15, 0.2) is 0 Å². The summed E-state index contributed by atoms with van der Waals surface area (Å²) in [6.45, 7) is 0.288. The molecule has 0 heterocycles. The first-order chi connectivity index (χ1) is 8.42. The molecule has 1 aromatic carbocycles. The van der Waals surface area contributed by atoms with Crippen molar-refractivity contribution in [2.75, 3.05) is 13.2 Å². The van der Waals surface area contributed by atoms with Crippen LogP contribution in [0.2, 0.25) is 0 Å². The maximum absolute atomic E-state index is 12.0. The first-order valence-electron chi connectivity index (χ1n) is 5.56. The van der Waals surface area contributed by atoms with Gasteiger partial charge in [-0.25, -0.2) is 0 Å². The van der Waals surface area contributed by atoms with Gasteiger partial charge in [0.2, 0.25) is 0 Å². The van der Waals surface area contributed by atoms with Crippen molar-refractivity contribution >= 4 is 15.9 Å². The van der Waals surface area contributed by atoms with Gasteiger partial charge in [0, 0.05) is 24.0 Å². The summed E-state index contributed by atoms with van der Waals surface area (Å²) in [6, 6.07) is 7.38. The third-order valence-corrected chi connectivity index (χ3v) is 2.85. The second-order valence-electron chi connectivity index (χ2n) is 3.87. The Bertz CT molecular complexity index is 371. The van der Waals surface area contributed by atoms with Crippen LogP contribution in [0, 0.1) is 0 Å². The summed E-state index contributed by atoms with van der Waals surface area (Å²) in [7, 11) is 0. The minimum Gasteiger partial charge on any atom is -0.372 e. The lowest BCUT2D eigenvalue weighted by atomic mass is 10.1. The molecule has 0 aromatic heterocycles. The molecule has 18 heavy (non-hydrogen) atoms. The zero-order valence-corrected chi connectivity index (χ0v) is 11.3. The van der Waals surface area contributed by atoms with Gasteiger partial charge < -0.3 is 10.5 Å². The van der Waals surface area contributed by atoms with Crippen LogP contribution in [0.25, 0.3) is 0 Å². The predicted molar refractivity (Wildman–Crippen MR) is 67.2 cm³/mol. The fourth-order valence-electron chi connectivity index (χ4n) is 1.51. The lowest BCUT2D eigenvalue weighted by Gasteiger charge is -2.17. The van der Waals surface area contributed by atoms with Crippen LogP contribution in [0.3, 0.4) is 0 Å². The molecular formula is C12H15BrF3NO. The number of halogens is 4. The van der Waals surface area contributed by atoms with Gasteiger partial charge in [0.25, 0.3) is 0 Å². The van der Waals surface area contributed by atoms with E-state index >= 15 is 0 Å². The Labute approximate surface area is 112 Å². The van der Waals surface area contributed by atoms with E-state index in [1.165, 1.54) is 0 Å². The van der Waals surface area contributed by atoms with Gasteiger partial charge in [0.1, 0.15) is 0 Å². The van der Waals surface area contributed by atoms with Crippen LogP contribution in [0.15, 0.2) is 28.7 Å². The van der Waals surface area contributed by atoms with Crippen molar-refractivity contribution in [2.24, 2.45) is 5.73 Å². The van der Waals surface area contributed by atoms with Crippen molar-refractivity contribution in [3.63, 3.8) is 0 Å². The van der Waals surface area contributed by atoms with E-state index in [0.717, 1.165) is 10.0 Å². The Morgan fingerprint density at radius 2 is 2.06 bits per heavy atom. The second kappa shape index (κ2) is 7.11. The van der Waals surface area contributed by atoms with E-state index in [1.54, 1.807) is 0 Å². The molecule has 2 nitrogen and oxygen atoms in total. The number of hydrogen-bond donors (Lipinski definition) is 1. The number of alkyl halides is 3. The lowest BCUT2D eigenvalue weighted by molar-refractivity contribution is -0.138. The summed E-state index contributed by atoms with van der Waals surface area (Å²) in [5.41, 5.74) is 6.42. The number of hydrogen-bond acceptors (Lipinski definition) is 2. The number of nitrogens with two attached hydrogens (primary N) is 1. The Hall–Kier alpha value is -0.590. The summed E-state index contributed by atoms with van der Waals surface area (Å²) in [4.78, 5) is 0. The monoisotopic (exact) mass is 325 g/mol. The van der Waals surface area contributed by atoms with E-state index in [1.807, 2.05) is 24.3 Å². The van der Waals surface area contributed by atoms with Gasteiger partial charge in [-0.1, -0.05) is 28.1 Å². The molecule has 1 atom stereocenters. The van der Waals surface area contributed by atoms with Crippen LogP contribution >= 0.6 is 15.9 Å². The zero-order valence-electron chi connectivity index (χ0n) is 9.71. The van der Waals surface area contributed by atoms with Gasteiger partial charge in [-0.2, -0.15) is 13.2 Å². The molecule has 1 unspecified atom stereocenters. The van der Waals surface area contributed by atoms with E-state index in [4.69, 9.17) is 10.5 Å². The topological polar surface area (TPSA) is 35.2 Å². The Morgan fingerprint density at radius 3 is 2.61 bits per heavy atom. The van der Waals surface area contributed by atoms with Crippen LogP contribution in [0.4, 0.5) is 13.2 Å². The van der Waals surface area contributed by atoms with Crippen LogP contribution in [-0.4, -0.2) is 19.3 Å². The van der Waals surface area contributed by atoms with Crippen molar-refractivity contribution in [3.8, 4) is 0 Å². The minimum atomic E-state index is -4.13. The van der Waals surface area contributed by atoms with Crippen LogP contribution in [0.5, 0.6) is 0 Å². The van der Waals surface area contributed by atoms with E-state index in [9.17, 15) is 13.2 Å². The molecule has 0 spiro atoms. The Morgan fingerprint density at radius 1 is 1.33 bits per heavy atom. The Kier molecular flexibility index (Phi) is 6.11. The van der Waals surface area contributed by atoms with E-state index in [2.05, 4.69) is 15.9 Å². The summed E-state index contributed by atoms with van der Waals surface area (Å²) in [5, 5.41) is 0. The summed E-state index contributed by atoms with van der Waals surface area (Å²) >= 11 is 3.32. The van der Waals surface area contributed by atoms with Gasteiger partial charge >= 0.3 is 6.18 Å². The van der Waals surface area contributed by atoms with Gasteiger partial charge in [-0.15, -0.1) is 0 Å². The van der Waals surface area contributed by atoms with Gasteiger partial charge in [0.05, 0.1) is 6.10 Å². The molecule has 0 amide bonds. The maximum atomic E-state index is 12.0. The maximum Gasteiger partial charge on any atom is 0.389 e. The Balaban J connectivity index is 2.43. The highest BCUT2D eigenvalue weighted by molar-refractivity contribution is 9.10. The smallest absolute Gasteiger partial charge is 0.372 e. The average molecular weight is 326 g/mol. The van der Waals surface area contributed by atoms with Crippen LogP contribution in [0.1, 0.15) is 24.5 Å². The highest BCUT2D eigenvalue weighted by atomic mass is 79.9. The zero-order chi connectivity index (χ0) is 13.6. The molecule has 0 aliphatic heterocycles. The quantitative estimate of drug-likeness (QED) is 0.807. The average Bonchev–Trinajstić information content (AvgIpc) is 2.27. The summed E-state index contributed by atoms with van der Waals surface area (Å²) in [6.07, 6.45) is -5.37. The van der Waals surface area contributed by atoms with Crippen LogP contribution < -0.4 is 5.73 Å². The molecule has 1 aromatic rings. The van der Waals surface area contributed by atoms with Crippen molar-refractivity contribution in [3.05, 3.63) is 34.3 Å². The van der Waals surface area contributed by atoms with Gasteiger partial charge in [-0.3, -0.25) is 0 Å². The van der Waals surface area contributed by atoms with Crippen LogP contribution in [-0.2, 0) is 4.74 Å². The number of ether oxygens (including phenoxy) is 1. The normalized spacial score (nSPS) is 13.6. The SMILES string of the molecule is NCC(OCCCC(F)(F)F)c1cccc(Br)c1. The summed E-state index contributed by atoms with van der Waals surface area (Å²) in [5.74, 6) is 0. The molecule has 0 aliphatic rings. The largest absolute Gasteiger partial charge is 0.389 e. The van der Waals surface area contributed by atoms with Crippen molar-refractivity contribution < 1.29 is 17.9 Å². The third kappa shape index (κ3) is 5.84. The highest BCUT2D eigenvalue weighted by Gasteiger charge is 2.26. The molecule has 0 saturated carbocycles. The van der Waals surface area contributed by atoms with Crippen molar-refractivity contribution in [1.29, 1.82) is 0 Å². The molecule has 2 N–H and O–H groups in total. The molecular weight excluding hydrogens is 311 g/mol. The van der Waals surface area contributed by atoms with Crippen molar-refractivity contribution in [2.45, 2.75) is 25.1 Å². The molecule has 1 rings (SSSR count). The fraction of sp³-hybridized carbons (Fsp3) is 0.500. The molecule has 0 radical (unpaired) electrons. The highest BCUT2D eigenvalue weighted by Crippen LogP contribution is 2.23. The minimum absolute atomic E-state index is 0.0476. The molecule has 0 saturated heterocycles. The van der Waals surface area contributed by atoms with Crippen molar-refractivity contribution in [1.82, 2.24) is 0 Å². The third-order valence-electron chi connectivity index (χ3n) is 2.36. The number of rotatable bonds is 6. The van der Waals surface area contributed by atoms with Gasteiger partial charge in [-0.05, 0) is 24.1 Å². The summed E-state index contributed by atoms with van der Waals surface area (Å²) < 4.78 is 42.1. The van der Waals surface area contributed by atoms with E-state index in [0.29, 0.717) is 0 Å². The van der Waals surface area contributed by atoms with E-state index in [-0.39, 0.29) is 25.7 Å². The van der Waals surface area contributed by atoms with E-state index < -0.39 is 12.6 Å². The molecule has 102 valence electrons. The predicted octanol–water partition coefficient (Wildman–Crippen LogP) is 3.81. The molecule has 0 bridgehead atoms.